The normalized spacial score (nSPS) is 21.1. The van der Waals surface area contributed by atoms with Crippen molar-refractivity contribution >= 4 is 21.1 Å². The number of H-pyrrole nitrogens is 1. The first-order valence-electron chi connectivity index (χ1n) is 10.6. The van der Waals surface area contributed by atoms with Crippen LogP contribution >= 0.6 is 0 Å². The minimum atomic E-state index is -4.97. The molecule has 0 aromatic carbocycles. The highest BCUT2D eigenvalue weighted by Crippen LogP contribution is 2.40. The summed E-state index contributed by atoms with van der Waals surface area (Å²) in [5.41, 5.74) is -3.24. The number of nitrogens with zero attached hydrogens (tertiary/aromatic N) is 2. The Morgan fingerprint density at radius 1 is 1.21 bits per heavy atom. The van der Waals surface area contributed by atoms with Crippen LogP contribution < -0.4 is 10.3 Å². The molecule has 2 saturated carbocycles. The molecule has 0 spiro atoms. The third-order valence-electron chi connectivity index (χ3n) is 6.17. The zero-order valence-electron chi connectivity index (χ0n) is 17.5. The van der Waals surface area contributed by atoms with E-state index in [9.17, 15) is 30.8 Å². The van der Waals surface area contributed by atoms with Crippen LogP contribution in [0.2, 0.25) is 0 Å². The zero-order valence-corrected chi connectivity index (χ0v) is 18.3. The molecule has 3 aromatic rings. The SMILES string of the molecule is O=c1ccc(-c2nc3c(cc2F)c(CNS(=O)(=O)C2CC2)cn3C2CC(F)C2)c(C(F)(F)F)[nH]1. The molecule has 3 heterocycles. The lowest BCUT2D eigenvalue weighted by Crippen LogP contribution is -2.28. The van der Waals surface area contributed by atoms with Crippen molar-refractivity contribution in [2.75, 3.05) is 0 Å². The maximum Gasteiger partial charge on any atom is 0.432 e. The molecule has 5 rings (SSSR count). The third-order valence-corrected chi connectivity index (χ3v) is 8.07. The van der Waals surface area contributed by atoms with Gasteiger partial charge in [-0.15, -0.1) is 0 Å². The molecule has 182 valence electrons. The molecule has 7 nitrogen and oxygen atoms in total. The zero-order chi connectivity index (χ0) is 24.4. The molecule has 0 saturated heterocycles. The van der Waals surface area contributed by atoms with Crippen molar-refractivity contribution in [3.8, 4) is 11.3 Å². The topological polar surface area (TPSA) is 96.8 Å². The average Bonchev–Trinajstić information content (AvgIpc) is 3.53. The van der Waals surface area contributed by atoms with Gasteiger partial charge in [0.2, 0.25) is 15.6 Å². The van der Waals surface area contributed by atoms with Crippen LogP contribution in [0, 0.1) is 5.82 Å². The van der Waals surface area contributed by atoms with E-state index in [-0.39, 0.29) is 36.5 Å². The summed E-state index contributed by atoms with van der Waals surface area (Å²) in [4.78, 5) is 17.3. The molecule has 13 heteroatoms. The summed E-state index contributed by atoms with van der Waals surface area (Å²) in [5.74, 6) is -1.08. The van der Waals surface area contributed by atoms with Crippen molar-refractivity contribution in [3.63, 3.8) is 0 Å². The van der Waals surface area contributed by atoms with E-state index in [0.717, 1.165) is 18.2 Å². The predicted molar refractivity (Wildman–Crippen MR) is 113 cm³/mol. The van der Waals surface area contributed by atoms with Crippen LogP contribution in [0.15, 0.2) is 29.2 Å². The Kier molecular flexibility index (Phi) is 5.32. The smallest absolute Gasteiger partial charge is 0.329 e. The fourth-order valence-corrected chi connectivity index (χ4v) is 5.49. The molecule has 2 aliphatic carbocycles. The summed E-state index contributed by atoms with van der Waals surface area (Å²) in [6.07, 6.45) is -3.08. The Bertz CT molecular complexity index is 1440. The van der Waals surface area contributed by atoms with Gasteiger partial charge in [-0.25, -0.2) is 26.9 Å². The number of aromatic nitrogens is 3. The number of halogens is 5. The second-order valence-electron chi connectivity index (χ2n) is 8.65. The van der Waals surface area contributed by atoms with E-state index < -0.39 is 55.9 Å². The second-order valence-corrected chi connectivity index (χ2v) is 10.7. The fourth-order valence-electron chi connectivity index (χ4n) is 4.14. The summed E-state index contributed by atoms with van der Waals surface area (Å²) in [6.45, 7) is -0.166. The minimum absolute atomic E-state index is 0.105. The number of rotatable bonds is 6. The van der Waals surface area contributed by atoms with E-state index in [4.69, 9.17) is 0 Å². The first kappa shape index (κ1) is 23.0. The largest absolute Gasteiger partial charge is 0.432 e. The van der Waals surface area contributed by atoms with Crippen molar-refractivity contribution in [1.82, 2.24) is 19.3 Å². The highest BCUT2D eigenvalue weighted by atomic mass is 32.2. The van der Waals surface area contributed by atoms with E-state index in [2.05, 4.69) is 9.71 Å². The van der Waals surface area contributed by atoms with Gasteiger partial charge in [0.05, 0.1) is 5.25 Å². The second kappa shape index (κ2) is 7.87. The summed E-state index contributed by atoms with van der Waals surface area (Å²) >= 11 is 0. The summed E-state index contributed by atoms with van der Waals surface area (Å²) in [6, 6.07) is 2.32. The number of hydrogen-bond donors (Lipinski definition) is 2. The average molecular weight is 502 g/mol. The quantitative estimate of drug-likeness (QED) is 0.501. The molecule has 2 N–H and O–H groups in total. The Morgan fingerprint density at radius 2 is 1.91 bits per heavy atom. The van der Waals surface area contributed by atoms with E-state index in [1.54, 1.807) is 9.55 Å². The monoisotopic (exact) mass is 502 g/mol. The van der Waals surface area contributed by atoms with Gasteiger partial charge in [-0.2, -0.15) is 13.2 Å². The van der Waals surface area contributed by atoms with Gasteiger partial charge in [-0.3, -0.25) is 4.79 Å². The van der Waals surface area contributed by atoms with Crippen LogP contribution in [0.5, 0.6) is 0 Å². The minimum Gasteiger partial charge on any atom is -0.329 e. The number of fused-ring (bicyclic) bond motifs is 1. The lowest BCUT2D eigenvalue weighted by atomic mass is 9.90. The van der Waals surface area contributed by atoms with Crippen LogP contribution in [0.3, 0.4) is 0 Å². The van der Waals surface area contributed by atoms with E-state index >= 15 is 4.39 Å². The van der Waals surface area contributed by atoms with Crippen molar-refractivity contribution in [3.05, 3.63) is 51.8 Å². The molecule has 0 atom stereocenters. The molecule has 0 amide bonds. The predicted octanol–water partition coefficient (Wildman–Crippen LogP) is 3.80. The van der Waals surface area contributed by atoms with Crippen molar-refractivity contribution in [1.29, 1.82) is 0 Å². The van der Waals surface area contributed by atoms with E-state index in [1.807, 2.05) is 0 Å². The summed E-state index contributed by atoms with van der Waals surface area (Å²) < 4.78 is 97.7. The fraction of sp³-hybridized carbons (Fsp3) is 0.429. The number of alkyl halides is 4. The Hall–Kier alpha value is -2.80. The van der Waals surface area contributed by atoms with Crippen molar-refractivity contribution < 1.29 is 30.4 Å². The van der Waals surface area contributed by atoms with Crippen LogP contribution in [0.4, 0.5) is 22.0 Å². The molecule has 34 heavy (non-hydrogen) atoms. The molecule has 3 aromatic heterocycles. The van der Waals surface area contributed by atoms with Gasteiger partial charge in [0.25, 0.3) is 0 Å². The lowest BCUT2D eigenvalue weighted by Gasteiger charge is -2.31. The van der Waals surface area contributed by atoms with Crippen LogP contribution in [-0.4, -0.2) is 34.4 Å². The van der Waals surface area contributed by atoms with Crippen LogP contribution in [-0.2, 0) is 22.7 Å². The van der Waals surface area contributed by atoms with Crippen molar-refractivity contribution in [2.45, 2.75) is 55.9 Å². The van der Waals surface area contributed by atoms with Crippen LogP contribution in [0.25, 0.3) is 22.3 Å². The highest BCUT2D eigenvalue weighted by Gasteiger charge is 2.38. The first-order chi connectivity index (χ1) is 15.9. The maximum absolute atomic E-state index is 15.1. The van der Waals surface area contributed by atoms with Gasteiger partial charge in [0.1, 0.15) is 29.0 Å². The molecule has 0 bridgehead atoms. The van der Waals surface area contributed by atoms with Crippen LogP contribution in [0.1, 0.15) is 43.0 Å². The third kappa shape index (κ3) is 4.11. The Balaban J connectivity index is 1.63. The van der Waals surface area contributed by atoms with Crippen molar-refractivity contribution in [2.24, 2.45) is 0 Å². The number of sulfonamides is 1. The van der Waals surface area contributed by atoms with Gasteiger partial charge in [0.15, 0.2) is 0 Å². The van der Waals surface area contributed by atoms with Gasteiger partial charge >= 0.3 is 6.18 Å². The lowest BCUT2D eigenvalue weighted by molar-refractivity contribution is -0.140. The van der Waals surface area contributed by atoms with E-state index in [0.29, 0.717) is 18.4 Å². The van der Waals surface area contributed by atoms with Gasteiger partial charge in [-0.05, 0) is 43.4 Å². The number of aromatic amines is 1. The van der Waals surface area contributed by atoms with Gasteiger partial charge in [0, 0.05) is 35.8 Å². The molecule has 0 aliphatic heterocycles. The summed E-state index contributed by atoms with van der Waals surface area (Å²) in [5, 5.41) is -0.262. The number of nitrogens with one attached hydrogen (secondary N) is 2. The maximum atomic E-state index is 15.1. The molecule has 2 fully saturated rings. The molecule has 0 unspecified atom stereocenters. The molecular weight excluding hydrogens is 483 g/mol. The van der Waals surface area contributed by atoms with E-state index in [1.165, 1.54) is 6.20 Å². The highest BCUT2D eigenvalue weighted by molar-refractivity contribution is 7.90. The Labute approximate surface area is 190 Å². The Morgan fingerprint density at radius 3 is 2.53 bits per heavy atom. The van der Waals surface area contributed by atoms with Gasteiger partial charge in [-0.1, -0.05) is 0 Å². The molecule has 0 radical (unpaired) electrons. The standard InChI is InChI=1S/C21H19F5N4O3S/c22-11-5-12(6-11)30-9-10(8-27-34(32,33)13-1-2-13)15-7-16(23)18(29-20(15)30)14-3-4-17(31)28-19(14)21(24,25)26/h3-4,7,9,11-13,27H,1-2,5-6,8H2,(H,28,31). The summed E-state index contributed by atoms with van der Waals surface area (Å²) in [7, 11) is -3.54. The number of pyridine rings is 2. The molecular formula is C21H19F5N4O3S. The van der Waals surface area contributed by atoms with Gasteiger partial charge < -0.3 is 9.55 Å². The number of hydrogen-bond acceptors (Lipinski definition) is 4. The first-order valence-corrected chi connectivity index (χ1v) is 12.1. The molecule has 2 aliphatic rings.